The van der Waals surface area contributed by atoms with Gasteiger partial charge in [-0.2, -0.15) is 13.2 Å². The highest BCUT2D eigenvalue weighted by molar-refractivity contribution is 5.67. The highest BCUT2D eigenvalue weighted by Crippen LogP contribution is 2.40. The smallest absolute Gasteiger partial charge is 0.299 e. The molecule has 1 rings (SSSR count). The number of halogens is 3. The van der Waals surface area contributed by atoms with E-state index in [9.17, 15) is 18.0 Å². The summed E-state index contributed by atoms with van der Waals surface area (Å²) in [6.07, 6.45) is 7.38. The zero-order chi connectivity index (χ0) is 18.4. The van der Waals surface area contributed by atoms with Gasteiger partial charge in [0.05, 0.1) is 5.57 Å². The summed E-state index contributed by atoms with van der Waals surface area (Å²) in [7, 11) is 0. The van der Waals surface area contributed by atoms with Gasteiger partial charge in [-0.15, -0.1) is 0 Å². The zero-order valence-corrected chi connectivity index (χ0v) is 14.7. The molecule has 0 aliphatic heterocycles. The van der Waals surface area contributed by atoms with Gasteiger partial charge in [-0.05, 0) is 56.3 Å². The molecule has 0 fully saturated rings. The fraction of sp³-hybridized carbons (Fsp3) is 0.450. The van der Waals surface area contributed by atoms with E-state index < -0.39 is 11.7 Å². The number of carbonyl (C=O) groups excluding carboxylic acids is 1. The van der Waals surface area contributed by atoms with Crippen LogP contribution in [0, 0.1) is 5.41 Å². The van der Waals surface area contributed by atoms with Crippen LogP contribution in [0.1, 0.15) is 47.0 Å². The van der Waals surface area contributed by atoms with Gasteiger partial charge in [0.25, 0.3) is 0 Å². The maximum atomic E-state index is 12.6. The van der Waals surface area contributed by atoms with Crippen molar-refractivity contribution >= 4 is 6.29 Å². The molecule has 0 aromatic rings. The van der Waals surface area contributed by atoms with E-state index in [1.807, 2.05) is 13.0 Å². The second-order valence-corrected chi connectivity index (χ2v) is 6.79. The molecule has 1 aliphatic rings. The molecule has 0 spiro atoms. The summed E-state index contributed by atoms with van der Waals surface area (Å²) >= 11 is 0. The number of allylic oxidation sites excluding steroid dienone is 10. The van der Waals surface area contributed by atoms with E-state index in [0.29, 0.717) is 6.08 Å². The molecule has 0 bridgehead atoms. The summed E-state index contributed by atoms with van der Waals surface area (Å²) < 4.78 is 37.9. The van der Waals surface area contributed by atoms with Crippen LogP contribution in [0.3, 0.4) is 0 Å². The fourth-order valence-corrected chi connectivity index (χ4v) is 2.90. The summed E-state index contributed by atoms with van der Waals surface area (Å²) in [4.78, 5) is 10.3. The number of hydrogen-bond donors (Lipinski definition) is 0. The van der Waals surface area contributed by atoms with Crippen LogP contribution >= 0.6 is 0 Å². The first kappa shape index (κ1) is 20.2. The fourth-order valence-electron chi connectivity index (χ4n) is 2.90. The monoisotopic (exact) mass is 338 g/mol. The Morgan fingerprint density at radius 3 is 2.38 bits per heavy atom. The molecule has 0 atom stereocenters. The SMILES string of the molecule is CC(C=CC1=C(C)CCCC1(C)C)=CC=CC(=CC=O)C(F)(F)F. The lowest BCUT2D eigenvalue weighted by atomic mass is 9.72. The summed E-state index contributed by atoms with van der Waals surface area (Å²) in [5, 5.41) is 0. The van der Waals surface area contributed by atoms with Gasteiger partial charge in [0.1, 0.15) is 6.29 Å². The molecular weight excluding hydrogens is 313 g/mol. The van der Waals surface area contributed by atoms with E-state index in [4.69, 9.17) is 0 Å². The minimum atomic E-state index is -4.52. The van der Waals surface area contributed by atoms with E-state index >= 15 is 0 Å². The maximum Gasteiger partial charge on any atom is 0.416 e. The Hall–Kier alpha value is -1.84. The minimum Gasteiger partial charge on any atom is -0.299 e. The third kappa shape index (κ3) is 5.99. The molecule has 0 radical (unpaired) electrons. The summed E-state index contributed by atoms with van der Waals surface area (Å²) in [6, 6.07) is 0. The molecule has 1 nitrogen and oxygen atoms in total. The van der Waals surface area contributed by atoms with E-state index in [-0.39, 0.29) is 11.7 Å². The molecule has 0 N–H and O–H groups in total. The zero-order valence-electron chi connectivity index (χ0n) is 14.7. The van der Waals surface area contributed by atoms with E-state index in [1.54, 1.807) is 6.08 Å². The Kier molecular flexibility index (Phi) is 7.00. The predicted molar refractivity (Wildman–Crippen MR) is 92.6 cm³/mol. The quantitative estimate of drug-likeness (QED) is 0.328. The average molecular weight is 338 g/mol. The molecular formula is C20H25F3O. The topological polar surface area (TPSA) is 17.1 Å². The van der Waals surface area contributed by atoms with Gasteiger partial charge < -0.3 is 0 Å². The Bertz CT molecular complexity index is 611. The van der Waals surface area contributed by atoms with Crippen molar-refractivity contribution in [2.45, 2.75) is 53.1 Å². The Balaban J connectivity index is 2.89. The van der Waals surface area contributed by atoms with Gasteiger partial charge in [-0.1, -0.05) is 49.3 Å². The average Bonchev–Trinajstić information content (AvgIpc) is 2.44. The Morgan fingerprint density at radius 2 is 1.83 bits per heavy atom. The molecule has 0 heterocycles. The molecule has 0 saturated carbocycles. The molecule has 132 valence electrons. The minimum absolute atomic E-state index is 0.130. The van der Waals surface area contributed by atoms with Crippen LogP contribution in [0.15, 0.2) is 58.7 Å². The second-order valence-electron chi connectivity index (χ2n) is 6.79. The molecule has 0 aromatic heterocycles. The maximum absolute atomic E-state index is 12.6. The molecule has 0 unspecified atom stereocenters. The van der Waals surface area contributed by atoms with Crippen LogP contribution in [0.2, 0.25) is 0 Å². The first-order valence-electron chi connectivity index (χ1n) is 8.04. The van der Waals surface area contributed by atoms with Crippen molar-refractivity contribution in [3.63, 3.8) is 0 Å². The van der Waals surface area contributed by atoms with Crippen LogP contribution < -0.4 is 0 Å². The Morgan fingerprint density at radius 1 is 1.17 bits per heavy atom. The van der Waals surface area contributed by atoms with Crippen molar-refractivity contribution in [3.8, 4) is 0 Å². The van der Waals surface area contributed by atoms with Crippen LogP contribution in [-0.2, 0) is 4.79 Å². The number of rotatable bonds is 5. The number of carbonyl (C=O) groups is 1. The van der Waals surface area contributed by atoms with Crippen LogP contribution in [0.25, 0.3) is 0 Å². The number of alkyl halides is 3. The third-order valence-corrected chi connectivity index (χ3v) is 4.27. The van der Waals surface area contributed by atoms with Crippen molar-refractivity contribution in [3.05, 3.63) is 58.7 Å². The second kappa shape index (κ2) is 8.32. The summed E-state index contributed by atoms with van der Waals surface area (Å²) in [5.74, 6) is 0. The van der Waals surface area contributed by atoms with Gasteiger partial charge in [0.2, 0.25) is 0 Å². The highest BCUT2D eigenvalue weighted by atomic mass is 19.4. The molecule has 4 heteroatoms. The van der Waals surface area contributed by atoms with Gasteiger partial charge in [0, 0.05) is 0 Å². The van der Waals surface area contributed by atoms with Crippen molar-refractivity contribution in [1.29, 1.82) is 0 Å². The molecule has 24 heavy (non-hydrogen) atoms. The van der Waals surface area contributed by atoms with Crippen LogP contribution in [-0.4, -0.2) is 12.5 Å². The van der Waals surface area contributed by atoms with Crippen molar-refractivity contribution in [1.82, 2.24) is 0 Å². The predicted octanol–water partition coefficient (Wildman–Crippen LogP) is 6.26. The highest BCUT2D eigenvalue weighted by Gasteiger charge is 2.31. The first-order valence-corrected chi connectivity index (χ1v) is 8.04. The van der Waals surface area contributed by atoms with E-state index in [2.05, 4.69) is 26.8 Å². The molecule has 1 aliphatic carbocycles. The van der Waals surface area contributed by atoms with Crippen molar-refractivity contribution in [2.24, 2.45) is 5.41 Å². The molecule has 0 amide bonds. The molecule has 0 aromatic carbocycles. The van der Waals surface area contributed by atoms with E-state index in [1.165, 1.54) is 23.6 Å². The number of hydrogen-bond acceptors (Lipinski definition) is 1. The normalized spacial score (nSPS) is 20.3. The van der Waals surface area contributed by atoms with Crippen molar-refractivity contribution < 1.29 is 18.0 Å². The Labute approximate surface area is 142 Å². The van der Waals surface area contributed by atoms with E-state index in [0.717, 1.165) is 24.5 Å². The van der Waals surface area contributed by atoms with Gasteiger partial charge in [-0.25, -0.2) is 0 Å². The largest absolute Gasteiger partial charge is 0.416 e. The van der Waals surface area contributed by atoms with Crippen molar-refractivity contribution in [2.75, 3.05) is 0 Å². The standard InChI is InChI=1S/C20H25F3O/c1-15(7-5-9-17(12-14-24)20(21,22)23)10-11-18-16(2)8-6-13-19(18,3)4/h5,7,9-12,14H,6,8,13H2,1-4H3. The van der Waals surface area contributed by atoms with Gasteiger partial charge in [-0.3, -0.25) is 4.79 Å². The van der Waals surface area contributed by atoms with Crippen LogP contribution in [0.5, 0.6) is 0 Å². The molecule has 0 saturated heterocycles. The third-order valence-electron chi connectivity index (χ3n) is 4.27. The lowest BCUT2D eigenvalue weighted by molar-refractivity contribution is -0.106. The lowest BCUT2D eigenvalue weighted by Gasteiger charge is -2.32. The first-order chi connectivity index (χ1) is 11.1. The summed E-state index contributed by atoms with van der Waals surface area (Å²) in [5.41, 5.74) is 2.70. The summed E-state index contributed by atoms with van der Waals surface area (Å²) in [6.45, 7) is 8.41. The van der Waals surface area contributed by atoms with Gasteiger partial charge >= 0.3 is 6.18 Å². The van der Waals surface area contributed by atoms with Gasteiger partial charge in [0.15, 0.2) is 0 Å². The lowest BCUT2D eigenvalue weighted by Crippen LogP contribution is -2.19. The number of aldehydes is 1. The van der Waals surface area contributed by atoms with Crippen LogP contribution in [0.4, 0.5) is 13.2 Å².